The molecule has 0 bridgehead atoms. The van der Waals surface area contributed by atoms with Gasteiger partial charge in [-0.3, -0.25) is 10.1 Å². The Labute approximate surface area is 86.8 Å². The van der Waals surface area contributed by atoms with Gasteiger partial charge in [0, 0.05) is 10.7 Å². The number of nitrogens with zero attached hydrogens (tertiary/aromatic N) is 1. The minimum Gasteiger partial charge on any atom is -0.258 e. The highest BCUT2D eigenvalue weighted by Crippen LogP contribution is 2.27. The van der Waals surface area contributed by atoms with Crippen LogP contribution >= 0.6 is 10.7 Å². The van der Waals surface area contributed by atoms with Crippen molar-refractivity contribution in [2.75, 3.05) is 0 Å². The number of rotatable bonds is 2. The fourth-order valence-electron chi connectivity index (χ4n) is 0.861. The molecule has 1 aromatic rings. The average Bonchev–Trinajstić information content (AvgIpc) is 2.06. The summed E-state index contributed by atoms with van der Waals surface area (Å²) in [6.45, 7) is 0. The van der Waals surface area contributed by atoms with E-state index in [1.165, 1.54) is 0 Å². The zero-order valence-corrected chi connectivity index (χ0v) is 8.35. The van der Waals surface area contributed by atoms with Crippen LogP contribution in [-0.2, 0) is 9.05 Å². The number of halogens is 3. The Hall–Kier alpha value is -1.28. The van der Waals surface area contributed by atoms with Gasteiger partial charge in [-0.1, -0.05) is 0 Å². The monoisotopic (exact) mass is 257 g/mol. The largest absolute Gasteiger partial charge is 0.309 e. The quantitative estimate of drug-likeness (QED) is 0.460. The van der Waals surface area contributed by atoms with Crippen LogP contribution in [0.4, 0.5) is 14.5 Å². The topological polar surface area (TPSA) is 77.3 Å². The molecule has 1 rings (SSSR count). The molecular weight excluding hydrogens is 256 g/mol. The van der Waals surface area contributed by atoms with Crippen LogP contribution in [0.3, 0.4) is 0 Å². The molecule has 82 valence electrons. The molecule has 0 aromatic heterocycles. The van der Waals surface area contributed by atoms with Crippen molar-refractivity contribution < 1.29 is 22.1 Å². The van der Waals surface area contributed by atoms with Gasteiger partial charge in [-0.05, 0) is 6.07 Å². The third-order valence-electron chi connectivity index (χ3n) is 1.44. The van der Waals surface area contributed by atoms with Crippen molar-refractivity contribution >= 4 is 25.4 Å². The number of nitro benzene ring substituents is 1. The van der Waals surface area contributed by atoms with Crippen molar-refractivity contribution in [3.8, 4) is 0 Å². The molecule has 0 aliphatic rings. The summed E-state index contributed by atoms with van der Waals surface area (Å²) >= 11 is 0. The van der Waals surface area contributed by atoms with E-state index in [9.17, 15) is 27.3 Å². The van der Waals surface area contributed by atoms with Gasteiger partial charge < -0.3 is 0 Å². The van der Waals surface area contributed by atoms with Crippen LogP contribution in [0.5, 0.6) is 0 Å². The van der Waals surface area contributed by atoms with E-state index in [0.717, 1.165) is 0 Å². The molecule has 9 heteroatoms. The highest BCUT2D eigenvalue weighted by molar-refractivity contribution is 8.13. The molecular formula is C6H2ClF2NO4S. The van der Waals surface area contributed by atoms with E-state index in [1.54, 1.807) is 0 Å². The van der Waals surface area contributed by atoms with E-state index in [4.69, 9.17) is 10.7 Å². The summed E-state index contributed by atoms with van der Waals surface area (Å²) in [7, 11) is 0.196. The van der Waals surface area contributed by atoms with Crippen LogP contribution in [0.1, 0.15) is 0 Å². The average molecular weight is 258 g/mol. The number of benzene rings is 1. The van der Waals surface area contributed by atoms with Gasteiger partial charge in [0.15, 0.2) is 0 Å². The number of hydrogen-bond acceptors (Lipinski definition) is 4. The molecule has 15 heavy (non-hydrogen) atoms. The first-order chi connectivity index (χ1) is 6.73. The Kier molecular flexibility index (Phi) is 2.91. The second kappa shape index (κ2) is 3.70. The molecule has 0 atom stereocenters. The highest BCUT2D eigenvalue weighted by Gasteiger charge is 2.26. The molecule has 0 amide bonds. The Morgan fingerprint density at radius 2 is 1.87 bits per heavy atom. The van der Waals surface area contributed by atoms with Crippen LogP contribution in [0.25, 0.3) is 0 Å². The van der Waals surface area contributed by atoms with Gasteiger partial charge in [-0.15, -0.1) is 0 Å². The lowest BCUT2D eigenvalue weighted by atomic mass is 10.3. The Balaban J connectivity index is 3.63. The molecule has 0 saturated heterocycles. The summed E-state index contributed by atoms with van der Waals surface area (Å²) < 4.78 is 47.3. The Morgan fingerprint density at radius 3 is 2.27 bits per heavy atom. The SMILES string of the molecule is O=[N+]([O-])c1cc(F)cc(S(=O)(=O)Cl)c1F. The predicted molar refractivity (Wildman–Crippen MR) is 46.1 cm³/mol. The lowest BCUT2D eigenvalue weighted by molar-refractivity contribution is -0.388. The van der Waals surface area contributed by atoms with E-state index in [0.29, 0.717) is 0 Å². The number of nitro groups is 1. The standard InChI is InChI=1S/C6H2ClF2NO4S/c7-15(13,14)5-2-3(8)1-4(6(5)9)10(11)12/h1-2H. The van der Waals surface area contributed by atoms with E-state index in [1.807, 2.05) is 0 Å². The first-order valence-electron chi connectivity index (χ1n) is 3.31. The predicted octanol–water partition coefficient (Wildman–Crippen LogP) is 1.80. The van der Waals surface area contributed by atoms with Crippen molar-refractivity contribution in [1.29, 1.82) is 0 Å². The Morgan fingerprint density at radius 1 is 1.33 bits per heavy atom. The molecule has 0 saturated carbocycles. The smallest absolute Gasteiger partial charge is 0.258 e. The molecule has 0 radical (unpaired) electrons. The molecule has 5 nitrogen and oxygen atoms in total. The first kappa shape index (κ1) is 11.8. The van der Waals surface area contributed by atoms with Gasteiger partial charge in [0.05, 0.1) is 11.0 Å². The van der Waals surface area contributed by atoms with E-state index in [-0.39, 0.29) is 12.1 Å². The van der Waals surface area contributed by atoms with Crippen LogP contribution in [0.15, 0.2) is 17.0 Å². The summed E-state index contributed by atoms with van der Waals surface area (Å²) in [5, 5.41) is 10.2. The van der Waals surface area contributed by atoms with Crippen LogP contribution in [0.2, 0.25) is 0 Å². The summed E-state index contributed by atoms with van der Waals surface area (Å²) in [6.07, 6.45) is 0. The zero-order valence-electron chi connectivity index (χ0n) is 6.78. The van der Waals surface area contributed by atoms with E-state index >= 15 is 0 Å². The third-order valence-corrected chi connectivity index (χ3v) is 2.77. The summed E-state index contributed by atoms with van der Waals surface area (Å²) in [5.74, 6) is -2.95. The minimum absolute atomic E-state index is 0.265. The lowest BCUT2D eigenvalue weighted by Crippen LogP contribution is -2.01. The van der Waals surface area contributed by atoms with Gasteiger partial charge in [-0.25, -0.2) is 12.8 Å². The summed E-state index contributed by atoms with van der Waals surface area (Å²) in [5.41, 5.74) is -1.28. The molecule has 1 aromatic carbocycles. The Bertz CT molecular complexity index is 530. The first-order valence-corrected chi connectivity index (χ1v) is 5.62. The van der Waals surface area contributed by atoms with Gasteiger partial charge in [0.25, 0.3) is 9.05 Å². The second-order valence-electron chi connectivity index (χ2n) is 2.43. The maximum atomic E-state index is 13.1. The highest BCUT2D eigenvalue weighted by atomic mass is 35.7. The zero-order chi connectivity index (χ0) is 11.8. The van der Waals surface area contributed by atoms with Crippen molar-refractivity contribution in [3.05, 3.63) is 33.9 Å². The summed E-state index contributed by atoms with van der Waals surface area (Å²) in [4.78, 5) is 7.71. The van der Waals surface area contributed by atoms with E-state index in [2.05, 4.69) is 0 Å². The van der Waals surface area contributed by atoms with Crippen molar-refractivity contribution in [3.63, 3.8) is 0 Å². The van der Waals surface area contributed by atoms with Crippen LogP contribution in [0, 0.1) is 21.7 Å². The second-order valence-corrected chi connectivity index (χ2v) is 4.97. The number of hydrogen-bond donors (Lipinski definition) is 0. The van der Waals surface area contributed by atoms with Crippen LogP contribution in [-0.4, -0.2) is 13.3 Å². The normalized spacial score (nSPS) is 11.4. The fraction of sp³-hybridized carbons (Fsp3) is 0. The molecule has 0 unspecified atom stereocenters. The maximum absolute atomic E-state index is 13.1. The molecule has 0 aliphatic carbocycles. The summed E-state index contributed by atoms with van der Waals surface area (Å²) in [6, 6.07) is 0.533. The lowest BCUT2D eigenvalue weighted by Gasteiger charge is -1.99. The van der Waals surface area contributed by atoms with Gasteiger partial charge in [0.2, 0.25) is 5.82 Å². The van der Waals surface area contributed by atoms with Gasteiger partial charge >= 0.3 is 5.69 Å². The van der Waals surface area contributed by atoms with Gasteiger partial charge in [-0.2, -0.15) is 4.39 Å². The van der Waals surface area contributed by atoms with Crippen molar-refractivity contribution in [2.24, 2.45) is 0 Å². The molecule has 0 fully saturated rings. The third kappa shape index (κ3) is 2.39. The molecule has 0 heterocycles. The molecule has 0 N–H and O–H groups in total. The van der Waals surface area contributed by atoms with Crippen LogP contribution < -0.4 is 0 Å². The fourth-order valence-corrected chi connectivity index (χ4v) is 1.77. The van der Waals surface area contributed by atoms with E-state index < -0.39 is 36.2 Å². The van der Waals surface area contributed by atoms with Crippen molar-refractivity contribution in [2.45, 2.75) is 4.90 Å². The minimum atomic E-state index is -4.56. The van der Waals surface area contributed by atoms with Gasteiger partial charge in [0.1, 0.15) is 10.7 Å². The maximum Gasteiger partial charge on any atom is 0.309 e. The molecule has 0 aliphatic heterocycles. The van der Waals surface area contributed by atoms with Crippen molar-refractivity contribution in [1.82, 2.24) is 0 Å². The molecule has 0 spiro atoms.